The van der Waals surface area contributed by atoms with E-state index in [0.717, 1.165) is 19.4 Å². The highest BCUT2D eigenvalue weighted by Crippen LogP contribution is 2.22. The number of benzene rings is 1. The van der Waals surface area contributed by atoms with Crippen molar-refractivity contribution in [1.82, 2.24) is 5.32 Å². The molecule has 102 valence electrons. The van der Waals surface area contributed by atoms with E-state index < -0.39 is 0 Å². The van der Waals surface area contributed by atoms with E-state index in [9.17, 15) is 4.39 Å². The maximum Gasteiger partial charge on any atom is 0.126 e. The predicted octanol–water partition coefficient (Wildman–Crippen LogP) is 4.48. The lowest BCUT2D eigenvalue weighted by Crippen LogP contribution is -2.24. The van der Waals surface area contributed by atoms with Crippen molar-refractivity contribution in [3.05, 3.63) is 57.5 Å². The summed E-state index contributed by atoms with van der Waals surface area (Å²) >= 11 is 1.72. The summed E-state index contributed by atoms with van der Waals surface area (Å²) < 4.78 is 13.4. The molecular formula is C16H20FNS. The summed E-state index contributed by atoms with van der Waals surface area (Å²) in [4.78, 5) is 0. The normalized spacial score (nSPS) is 12.6. The number of hydrogen-bond acceptors (Lipinski definition) is 2. The third-order valence-corrected chi connectivity index (χ3v) is 3.98. The average molecular weight is 277 g/mol. The van der Waals surface area contributed by atoms with Gasteiger partial charge in [-0.3, -0.25) is 0 Å². The highest BCUT2D eigenvalue weighted by atomic mass is 32.1. The van der Waals surface area contributed by atoms with Crippen LogP contribution in [0.3, 0.4) is 0 Å². The Balaban J connectivity index is 2.18. The Hall–Kier alpha value is -1.19. The average Bonchev–Trinajstić information content (AvgIpc) is 2.91. The maximum atomic E-state index is 13.4. The zero-order valence-corrected chi connectivity index (χ0v) is 12.3. The third kappa shape index (κ3) is 3.88. The number of thiophene rings is 1. The molecule has 19 heavy (non-hydrogen) atoms. The van der Waals surface area contributed by atoms with Gasteiger partial charge in [0.1, 0.15) is 5.82 Å². The van der Waals surface area contributed by atoms with E-state index in [0.29, 0.717) is 5.56 Å². The lowest BCUT2D eigenvalue weighted by molar-refractivity contribution is 0.527. The Bertz CT molecular complexity index is 507. The van der Waals surface area contributed by atoms with Gasteiger partial charge in [0.25, 0.3) is 0 Å². The van der Waals surface area contributed by atoms with Crippen LogP contribution < -0.4 is 5.32 Å². The molecular weight excluding hydrogens is 257 g/mol. The SMILES string of the molecule is CCCNC(Cc1ccsc1)c1ccc(F)c(C)c1. The number of rotatable bonds is 6. The lowest BCUT2D eigenvalue weighted by atomic mass is 9.98. The zero-order valence-electron chi connectivity index (χ0n) is 11.4. The van der Waals surface area contributed by atoms with Gasteiger partial charge < -0.3 is 5.32 Å². The monoisotopic (exact) mass is 277 g/mol. The molecule has 1 heterocycles. The van der Waals surface area contributed by atoms with Gasteiger partial charge >= 0.3 is 0 Å². The van der Waals surface area contributed by atoms with Crippen molar-refractivity contribution in [3.63, 3.8) is 0 Å². The van der Waals surface area contributed by atoms with E-state index in [1.54, 1.807) is 17.4 Å². The Morgan fingerprint density at radius 1 is 1.32 bits per heavy atom. The molecule has 1 atom stereocenters. The molecule has 0 radical (unpaired) electrons. The largest absolute Gasteiger partial charge is 0.310 e. The summed E-state index contributed by atoms with van der Waals surface area (Å²) in [5, 5.41) is 7.83. The van der Waals surface area contributed by atoms with Gasteiger partial charge in [-0.05, 0) is 65.9 Å². The van der Waals surface area contributed by atoms with Crippen LogP contribution in [-0.2, 0) is 6.42 Å². The smallest absolute Gasteiger partial charge is 0.126 e. The topological polar surface area (TPSA) is 12.0 Å². The first kappa shape index (κ1) is 14.2. The Morgan fingerprint density at radius 3 is 2.79 bits per heavy atom. The second-order valence-corrected chi connectivity index (χ2v) is 5.63. The molecule has 1 aromatic carbocycles. The molecule has 2 rings (SSSR count). The van der Waals surface area contributed by atoms with Gasteiger partial charge in [-0.2, -0.15) is 11.3 Å². The van der Waals surface area contributed by atoms with E-state index in [1.807, 2.05) is 19.1 Å². The first-order valence-corrected chi connectivity index (χ1v) is 7.65. The minimum Gasteiger partial charge on any atom is -0.310 e. The Kier molecular flexibility index (Phi) is 5.11. The quantitative estimate of drug-likeness (QED) is 0.821. The first-order chi connectivity index (χ1) is 9.20. The van der Waals surface area contributed by atoms with Crippen LogP contribution in [0.15, 0.2) is 35.0 Å². The van der Waals surface area contributed by atoms with E-state index >= 15 is 0 Å². The highest BCUT2D eigenvalue weighted by molar-refractivity contribution is 7.07. The molecule has 0 spiro atoms. The number of hydrogen-bond donors (Lipinski definition) is 1. The van der Waals surface area contributed by atoms with Crippen LogP contribution in [0.1, 0.15) is 36.1 Å². The molecule has 0 bridgehead atoms. The molecule has 0 aliphatic carbocycles. The Morgan fingerprint density at radius 2 is 2.16 bits per heavy atom. The molecule has 0 aliphatic heterocycles. The van der Waals surface area contributed by atoms with Gasteiger partial charge in [-0.1, -0.05) is 19.1 Å². The number of nitrogens with one attached hydrogen (secondary N) is 1. The van der Waals surface area contributed by atoms with Crippen LogP contribution in [0.4, 0.5) is 4.39 Å². The minimum atomic E-state index is -0.131. The standard InChI is InChI=1S/C16H20FNS/c1-3-7-18-16(10-13-6-8-19-11-13)14-4-5-15(17)12(2)9-14/h4-6,8-9,11,16,18H,3,7,10H2,1-2H3. The van der Waals surface area contributed by atoms with Gasteiger partial charge in [0.2, 0.25) is 0 Å². The van der Waals surface area contributed by atoms with E-state index in [2.05, 4.69) is 29.1 Å². The summed E-state index contributed by atoms with van der Waals surface area (Å²) in [6, 6.07) is 7.83. The molecule has 1 N–H and O–H groups in total. The van der Waals surface area contributed by atoms with Crippen LogP contribution in [-0.4, -0.2) is 6.54 Å². The summed E-state index contributed by atoms with van der Waals surface area (Å²) in [6.07, 6.45) is 2.05. The maximum absolute atomic E-state index is 13.4. The minimum absolute atomic E-state index is 0.131. The van der Waals surface area contributed by atoms with Gasteiger partial charge in [-0.15, -0.1) is 0 Å². The first-order valence-electron chi connectivity index (χ1n) is 6.71. The van der Waals surface area contributed by atoms with E-state index in [-0.39, 0.29) is 11.9 Å². The predicted molar refractivity (Wildman–Crippen MR) is 80.2 cm³/mol. The summed E-state index contributed by atoms with van der Waals surface area (Å²) in [5.41, 5.74) is 3.21. The number of halogens is 1. The highest BCUT2D eigenvalue weighted by Gasteiger charge is 2.13. The van der Waals surface area contributed by atoms with Crippen molar-refractivity contribution in [2.24, 2.45) is 0 Å². The fourth-order valence-electron chi connectivity index (χ4n) is 2.16. The molecule has 0 saturated heterocycles. The fourth-order valence-corrected chi connectivity index (χ4v) is 2.84. The van der Waals surface area contributed by atoms with Crippen molar-refractivity contribution < 1.29 is 4.39 Å². The van der Waals surface area contributed by atoms with Crippen molar-refractivity contribution in [2.75, 3.05) is 6.54 Å². The second-order valence-electron chi connectivity index (χ2n) is 4.85. The van der Waals surface area contributed by atoms with Gasteiger partial charge in [0.05, 0.1) is 0 Å². The van der Waals surface area contributed by atoms with Crippen molar-refractivity contribution >= 4 is 11.3 Å². The van der Waals surface area contributed by atoms with Gasteiger partial charge in [0.15, 0.2) is 0 Å². The molecule has 0 aliphatic rings. The summed E-state index contributed by atoms with van der Waals surface area (Å²) in [5.74, 6) is -0.131. The van der Waals surface area contributed by atoms with Crippen molar-refractivity contribution in [3.8, 4) is 0 Å². The van der Waals surface area contributed by atoms with Crippen LogP contribution in [0, 0.1) is 12.7 Å². The van der Waals surface area contributed by atoms with E-state index in [4.69, 9.17) is 0 Å². The zero-order chi connectivity index (χ0) is 13.7. The molecule has 0 saturated carbocycles. The second kappa shape index (κ2) is 6.83. The van der Waals surface area contributed by atoms with Gasteiger partial charge in [0, 0.05) is 6.04 Å². The molecule has 1 unspecified atom stereocenters. The summed E-state index contributed by atoms with van der Waals surface area (Å²) in [7, 11) is 0. The Labute approximate surface area is 118 Å². The third-order valence-electron chi connectivity index (χ3n) is 3.25. The molecule has 0 fully saturated rings. The molecule has 1 aromatic heterocycles. The van der Waals surface area contributed by atoms with Gasteiger partial charge in [-0.25, -0.2) is 4.39 Å². The van der Waals surface area contributed by atoms with Crippen LogP contribution in [0.2, 0.25) is 0 Å². The molecule has 3 heteroatoms. The van der Waals surface area contributed by atoms with E-state index in [1.165, 1.54) is 11.1 Å². The lowest BCUT2D eigenvalue weighted by Gasteiger charge is -2.19. The fraction of sp³-hybridized carbons (Fsp3) is 0.375. The van der Waals surface area contributed by atoms with Crippen LogP contribution >= 0.6 is 11.3 Å². The molecule has 2 aromatic rings. The van der Waals surface area contributed by atoms with Crippen molar-refractivity contribution in [1.29, 1.82) is 0 Å². The molecule has 1 nitrogen and oxygen atoms in total. The molecule has 0 amide bonds. The summed E-state index contributed by atoms with van der Waals surface area (Å²) in [6.45, 7) is 4.95. The van der Waals surface area contributed by atoms with Crippen LogP contribution in [0.25, 0.3) is 0 Å². The van der Waals surface area contributed by atoms with Crippen LogP contribution in [0.5, 0.6) is 0 Å². The number of aryl methyl sites for hydroxylation is 1. The van der Waals surface area contributed by atoms with Crippen molar-refractivity contribution in [2.45, 2.75) is 32.7 Å².